The van der Waals surface area contributed by atoms with Gasteiger partial charge in [-0.2, -0.15) is 0 Å². The molecule has 2 atom stereocenters. The lowest BCUT2D eigenvalue weighted by Gasteiger charge is -2.52. The molecule has 3 aliphatic carbocycles. The third-order valence-corrected chi connectivity index (χ3v) is 9.07. The van der Waals surface area contributed by atoms with Crippen LogP contribution in [0.15, 0.2) is 96.0 Å². The van der Waals surface area contributed by atoms with Crippen molar-refractivity contribution in [2.75, 3.05) is 11.5 Å². The van der Waals surface area contributed by atoms with E-state index in [4.69, 9.17) is 9.73 Å². The highest BCUT2D eigenvalue weighted by Gasteiger charge is 2.67. The number of anilines is 1. The molecule has 0 radical (unpaired) electrons. The van der Waals surface area contributed by atoms with Gasteiger partial charge in [0.25, 0.3) is 0 Å². The summed E-state index contributed by atoms with van der Waals surface area (Å²) in [4.78, 5) is 35.3. The third kappa shape index (κ3) is 3.24. The van der Waals surface area contributed by atoms with Crippen LogP contribution in [0.4, 0.5) is 11.4 Å². The Bertz CT molecular complexity index is 1660. The molecule has 4 aliphatic rings. The Morgan fingerprint density at radius 2 is 1.48 bits per heavy atom. The topological polar surface area (TPSA) is 59.0 Å². The van der Waals surface area contributed by atoms with Crippen LogP contribution in [0.5, 0.6) is 5.75 Å². The fourth-order valence-electron chi connectivity index (χ4n) is 7.21. The van der Waals surface area contributed by atoms with Crippen LogP contribution in [0, 0.1) is 25.7 Å². The smallest absolute Gasteiger partial charge is 0.239 e. The normalized spacial score (nSPS) is 24.3. The van der Waals surface area contributed by atoms with Crippen LogP contribution in [0.25, 0.3) is 0 Å². The molecule has 2 amide bonds. The molecule has 4 aromatic rings. The Morgan fingerprint density at radius 1 is 0.825 bits per heavy atom. The molecule has 40 heavy (non-hydrogen) atoms. The number of nitrogens with zero attached hydrogens (tertiary/aromatic N) is 2. The molecule has 8 rings (SSSR count). The number of aliphatic imine (C=N–C) groups is 1. The Hall–Kier alpha value is -4.51. The van der Waals surface area contributed by atoms with Crippen molar-refractivity contribution >= 4 is 29.4 Å². The molecule has 0 N–H and O–H groups in total. The highest BCUT2D eigenvalue weighted by atomic mass is 16.5. The number of hydrogen-bond acceptors (Lipinski definition) is 4. The highest BCUT2D eigenvalue weighted by Crippen LogP contribution is 2.63. The predicted octanol–water partition coefficient (Wildman–Crippen LogP) is 6.66. The minimum absolute atomic E-state index is 0.155. The van der Waals surface area contributed by atoms with Gasteiger partial charge in [-0.1, -0.05) is 60.7 Å². The van der Waals surface area contributed by atoms with E-state index in [1.165, 1.54) is 4.90 Å². The van der Waals surface area contributed by atoms with Crippen LogP contribution in [-0.2, 0) is 15.0 Å². The molecule has 1 heterocycles. The number of carbonyl (C=O) groups is 2. The van der Waals surface area contributed by atoms with Gasteiger partial charge in [-0.3, -0.25) is 14.6 Å². The molecule has 0 spiro atoms. The molecule has 2 bridgehead atoms. The summed E-state index contributed by atoms with van der Waals surface area (Å²) in [5.74, 6) is -0.945. The standard InChI is InChI=1S/C35H30N2O3/c1-4-40-24-18-16-23(17-19-24)37-33(38)31-30-25-11-5-7-13-27(25)35(32(31)34(37)39,28-14-8-6-12-26(28)30)20-36-29-15-9-10-21(2)22(29)3/h5-20,30-32H,4H2,1-3H3/t30?,31-,32+,35?/m1/s1. The van der Waals surface area contributed by atoms with E-state index in [1.807, 2.05) is 61.7 Å². The second-order valence-electron chi connectivity index (χ2n) is 10.9. The van der Waals surface area contributed by atoms with Crippen LogP contribution in [0.2, 0.25) is 0 Å². The molecular formula is C35H30N2O3. The first-order valence-corrected chi connectivity index (χ1v) is 13.9. The number of amides is 2. The quantitative estimate of drug-likeness (QED) is 0.216. The summed E-state index contributed by atoms with van der Waals surface area (Å²) in [5, 5.41) is 0. The van der Waals surface area contributed by atoms with Gasteiger partial charge in [-0.05, 0) is 84.5 Å². The summed E-state index contributed by atoms with van der Waals surface area (Å²) < 4.78 is 5.60. The fraction of sp³-hybridized carbons (Fsp3) is 0.229. The van der Waals surface area contributed by atoms with E-state index < -0.39 is 17.3 Å². The highest BCUT2D eigenvalue weighted by molar-refractivity contribution is 6.25. The molecule has 1 saturated heterocycles. The lowest BCUT2D eigenvalue weighted by Crippen LogP contribution is -2.54. The second-order valence-corrected chi connectivity index (χ2v) is 10.9. The molecule has 5 heteroatoms. The van der Waals surface area contributed by atoms with E-state index in [0.717, 1.165) is 39.1 Å². The lowest BCUT2D eigenvalue weighted by atomic mass is 9.47. The molecule has 1 fully saturated rings. The van der Waals surface area contributed by atoms with Crippen molar-refractivity contribution in [1.82, 2.24) is 0 Å². The molecule has 0 aromatic heterocycles. The zero-order valence-corrected chi connectivity index (χ0v) is 22.8. The molecule has 0 saturated carbocycles. The minimum atomic E-state index is -0.879. The molecule has 0 unspecified atom stereocenters. The predicted molar refractivity (Wildman–Crippen MR) is 157 cm³/mol. The first kappa shape index (κ1) is 24.5. The van der Waals surface area contributed by atoms with E-state index >= 15 is 0 Å². The van der Waals surface area contributed by atoms with Gasteiger partial charge >= 0.3 is 0 Å². The third-order valence-electron chi connectivity index (χ3n) is 9.07. The summed E-state index contributed by atoms with van der Waals surface area (Å²) in [5.41, 5.74) is 7.14. The van der Waals surface area contributed by atoms with Crippen molar-refractivity contribution in [2.45, 2.75) is 32.1 Å². The molecule has 198 valence electrons. The van der Waals surface area contributed by atoms with E-state index in [2.05, 4.69) is 44.2 Å². The first-order chi connectivity index (χ1) is 19.5. The van der Waals surface area contributed by atoms with Crippen molar-refractivity contribution in [3.63, 3.8) is 0 Å². The van der Waals surface area contributed by atoms with Crippen LogP contribution in [0.3, 0.4) is 0 Å². The summed E-state index contributed by atoms with van der Waals surface area (Å²) in [7, 11) is 0. The van der Waals surface area contributed by atoms with Crippen LogP contribution >= 0.6 is 0 Å². The van der Waals surface area contributed by atoms with Crippen molar-refractivity contribution in [2.24, 2.45) is 16.8 Å². The van der Waals surface area contributed by atoms with E-state index in [-0.39, 0.29) is 17.7 Å². The largest absolute Gasteiger partial charge is 0.494 e. The molecule has 1 aliphatic heterocycles. The zero-order valence-electron chi connectivity index (χ0n) is 22.8. The Morgan fingerprint density at radius 3 is 2.12 bits per heavy atom. The van der Waals surface area contributed by atoms with Gasteiger partial charge in [0.15, 0.2) is 0 Å². The maximum absolute atomic E-state index is 14.5. The minimum Gasteiger partial charge on any atom is -0.494 e. The SMILES string of the molecule is CCOc1ccc(N2C(=O)[C@@H]3C4c5ccccc5C(C=Nc5cccc(C)c5C)(c5ccccc54)[C@@H]3C2=O)cc1. The molecular weight excluding hydrogens is 496 g/mol. The van der Waals surface area contributed by atoms with Gasteiger partial charge < -0.3 is 4.74 Å². The van der Waals surface area contributed by atoms with Crippen molar-refractivity contribution in [3.05, 3.63) is 124 Å². The van der Waals surface area contributed by atoms with Gasteiger partial charge in [-0.25, -0.2) is 4.90 Å². The summed E-state index contributed by atoms with van der Waals surface area (Å²) in [6.07, 6.45) is 1.96. The van der Waals surface area contributed by atoms with Gasteiger partial charge in [0.05, 0.1) is 35.2 Å². The summed E-state index contributed by atoms with van der Waals surface area (Å²) >= 11 is 0. The Labute approximate surface area is 234 Å². The number of imide groups is 1. The number of hydrogen-bond donors (Lipinski definition) is 0. The maximum Gasteiger partial charge on any atom is 0.239 e. The molecule has 5 nitrogen and oxygen atoms in total. The van der Waals surface area contributed by atoms with E-state index in [9.17, 15) is 9.59 Å². The number of ether oxygens (including phenoxy) is 1. The van der Waals surface area contributed by atoms with Gasteiger partial charge in [0.2, 0.25) is 11.8 Å². The lowest BCUT2D eigenvalue weighted by molar-refractivity contribution is -0.122. The van der Waals surface area contributed by atoms with Crippen LogP contribution < -0.4 is 9.64 Å². The van der Waals surface area contributed by atoms with Crippen molar-refractivity contribution in [1.29, 1.82) is 0 Å². The number of benzene rings is 4. The van der Waals surface area contributed by atoms with E-state index in [0.29, 0.717) is 18.0 Å². The number of carbonyl (C=O) groups excluding carboxylic acids is 2. The van der Waals surface area contributed by atoms with Gasteiger partial charge in [0.1, 0.15) is 5.75 Å². The van der Waals surface area contributed by atoms with Crippen LogP contribution in [0.1, 0.15) is 46.2 Å². The first-order valence-electron chi connectivity index (χ1n) is 13.9. The monoisotopic (exact) mass is 526 g/mol. The van der Waals surface area contributed by atoms with Crippen LogP contribution in [-0.4, -0.2) is 24.6 Å². The fourth-order valence-corrected chi connectivity index (χ4v) is 7.21. The maximum atomic E-state index is 14.5. The van der Waals surface area contributed by atoms with Crippen molar-refractivity contribution < 1.29 is 14.3 Å². The summed E-state index contributed by atoms with van der Waals surface area (Å²) in [6.45, 7) is 6.62. The van der Waals surface area contributed by atoms with Gasteiger partial charge in [0, 0.05) is 12.1 Å². The summed E-state index contributed by atoms with van der Waals surface area (Å²) in [6, 6.07) is 29.9. The Balaban J connectivity index is 1.46. The number of aryl methyl sites for hydroxylation is 1. The van der Waals surface area contributed by atoms with E-state index in [1.54, 1.807) is 12.1 Å². The zero-order chi connectivity index (χ0) is 27.6. The van der Waals surface area contributed by atoms with Gasteiger partial charge in [-0.15, -0.1) is 0 Å². The van der Waals surface area contributed by atoms with Crippen molar-refractivity contribution in [3.8, 4) is 5.75 Å². The molecule has 4 aromatic carbocycles. The Kier molecular flexibility index (Phi) is 5.53. The average Bonchev–Trinajstić information content (AvgIpc) is 3.25. The number of rotatable bonds is 5. The average molecular weight is 527 g/mol. The second kappa shape index (κ2) is 9.02.